The lowest BCUT2D eigenvalue weighted by molar-refractivity contribution is 0.274. The van der Waals surface area contributed by atoms with Crippen molar-refractivity contribution < 1.29 is 9.13 Å². The first kappa shape index (κ1) is 12.9. The lowest BCUT2D eigenvalue weighted by Gasteiger charge is -2.29. The van der Waals surface area contributed by atoms with E-state index in [0.717, 1.165) is 25.0 Å². The summed E-state index contributed by atoms with van der Waals surface area (Å²) in [4.78, 5) is 0. The Morgan fingerprint density at radius 1 is 1.28 bits per heavy atom. The minimum absolute atomic E-state index is 0.205. The molecule has 0 radical (unpaired) electrons. The first-order valence-corrected chi connectivity index (χ1v) is 6.29. The molecule has 0 heterocycles. The molecule has 2 N–H and O–H groups in total. The second-order valence-electron chi connectivity index (χ2n) is 5.32. The van der Waals surface area contributed by atoms with Crippen LogP contribution in [0.25, 0.3) is 0 Å². The van der Waals surface area contributed by atoms with Crippen molar-refractivity contribution in [3.63, 3.8) is 0 Å². The molecule has 2 nitrogen and oxygen atoms in total. The molecule has 0 amide bonds. The van der Waals surface area contributed by atoms with Gasteiger partial charge >= 0.3 is 0 Å². The van der Waals surface area contributed by atoms with E-state index >= 15 is 0 Å². The second kappa shape index (κ2) is 4.63. The van der Waals surface area contributed by atoms with E-state index < -0.39 is 0 Å². The highest BCUT2D eigenvalue weighted by atomic mass is 19.1. The van der Waals surface area contributed by atoms with Gasteiger partial charge in [0.15, 0.2) is 0 Å². The Morgan fingerprint density at radius 2 is 2.00 bits per heavy atom. The summed E-state index contributed by atoms with van der Waals surface area (Å²) in [5, 5.41) is 0. The number of anilines is 1. The van der Waals surface area contributed by atoms with Gasteiger partial charge in [0.25, 0.3) is 0 Å². The molecule has 1 aliphatic carbocycles. The zero-order valence-electron chi connectivity index (χ0n) is 11.2. The predicted molar refractivity (Wildman–Crippen MR) is 71.7 cm³/mol. The van der Waals surface area contributed by atoms with Gasteiger partial charge in [-0.2, -0.15) is 0 Å². The summed E-state index contributed by atoms with van der Waals surface area (Å²) in [6.07, 6.45) is 2.98. The normalized spacial score (nSPS) is 16.2. The first-order valence-electron chi connectivity index (χ1n) is 6.29. The fraction of sp³-hybridized carbons (Fsp3) is 0.467. The monoisotopic (exact) mass is 249 g/mol. The molecule has 0 aromatic heterocycles. The molecule has 0 fully saturated rings. The number of benzene rings is 1. The molecule has 0 atom stereocenters. The Bertz CT molecular complexity index is 491. The largest absolute Gasteiger partial charge is 0.501 e. The van der Waals surface area contributed by atoms with E-state index in [1.807, 2.05) is 13.8 Å². The molecule has 0 unspecified atom stereocenters. The van der Waals surface area contributed by atoms with Crippen molar-refractivity contribution in [3.8, 4) is 0 Å². The Labute approximate surface area is 108 Å². The first-order chi connectivity index (χ1) is 8.46. The molecule has 1 aromatic carbocycles. The standard InChI is InChI=1S/C15H20FNO/c1-15(2,11-5-4-6-14(11)18-3)12-9-10(17)7-8-13(12)16/h7-9H,4-6,17H2,1-3H3. The lowest BCUT2D eigenvalue weighted by Crippen LogP contribution is -2.22. The molecule has 1 aliphatic rings. The Hall–Kier alpha value is -1.51. The number of nitrogens with two attached hydrogens (primary N) is 1. The highest BCUT2D eigenvalue weighted by Crippen LogP contribution is 2.42. The van der Waals surface area contributed by atoms with Gasteiger partial charge in [0.2, 0.25) is 0 Å². The maximum atomic E-state index is 14.0. The fourth-order valence-electron chi connectivity index (χ4n) is 2.79. The summed E-state index contributed by atoms with van der Waals surface area (Å²) in [5.41, 5.74) is 7.83. The van der Waals surface area contributed by atoms with Gasteiger partial charge < -0.3 is 10.5 Å². The molecule has 0 spiro atoms. The van der Waals surface area contributed by atoms with Gasteiger partial charge in [0, 0.05) is 17.5 Å². The van der Waals surface area contributed by atoms with Crippen LogP contribution in [0, 0.1) is 5.82 Å². The van der Waals surface area contributed by atoms with Gasteiger partial charge in [-0.1, -0.05) is 13.8 Å². The third-order valence-corrected chi connectivity index (χ3v) is 3.83. The minimum atomic E-state index is -0.374. The number of methoxy groups -OCH3 is 1. The van der Waals surface area contributed by atoms with Gasteiger partial charge in [-0.15, -0.1) is 0 Å². The van der Waals surface area contributed by atoms with Crippen LogP contribution in [0.3, 0.4) is 0 Å². The van der Waals surface area contributed by atoms with Crippen LogP contribution < -0.4 is 5.73 Å². The van der Waals surface area contributed by atoms with E-state index in [1.54, 1.807) is 19.2 Å². The maximum Gasteiger partial charge on any atom is 0.127 e. The highest BCUT2D eigenvalue weighted by molar-refractivity contribution is 5.47. The molecule has 1 aromatic rings. The van der Waals surface area contributed by atoms with Gasteiger partial charge in [-0.3, -0.25) is 0 Å². The van der Waals surface area contributed by atoms with Gasteiger partial charge in [-0.25, -0.2) is 4.39 Å². The van der Waals surface area contributed by atoms with Gasteiger partial charge in [-0.05, 0) is 42.2 Å². The fourth-order valence-corrected chi connectivity index (χ4v) is 2.79. The average molecular weight is 249 g/mol. The third-order valence-electron chi connectivity index (χ3n) is 3.83. The van der Waals surface area contributed by atoms with Crippen molar-refractivity contribution in [1.29, 1.82) is 0 Å². The van der Waals surface area contributed by atoms with Crippen molar-refractivity contribution in [2.24, 2.45) is 0 Å². The number of rotatable bonds is 3. The van der Waals surface area contributed by atoms with E-state index in [-0.39, 0.29) is 11.2 Å². The summed E-state index contributed by atoms with van der Waals surface area (Å²) >= 11 is 0. The van der Waals surface area contributed by atoms with Crippen LogP contribution in [-0.4, -0.2) is 7.11 Å². The zero-order chi connectivity index (χ0) is 13.3. The molecule has 3 heteroatoms. The lowest BCUT2D eigenvalue weighted by atomic mass is 9.76. The number of ether oxygens (including phenoxy) is 1. The smallest absolute Gasteiger partial charge is 0.127 e. The molecule has 0 saturated heterocycles. The highest BCUT2D eigenvalue weighted by Gasteiger charge is 2.33. The minimum Gasteiger partial charge on any atom is -0.501 e. The van der Waals surface area contributed by atoms with E-state index in [4.69, 9.17) is 10.5 Å². The van der Waals surface area contributed by atoms with Crippen LogP contribution in [0.2, 0.25) is 0 Å². The third kappa shape index (κ3) is 2.09. The van der Waals surface area contributed by atoms with Crippen molar-refractivity contribution >= 4 is 5.69 Å². The topological polar surface area (TPSA) is 35.2 Å². The summed E-state index contributed by atoms with van der Waals surface area (Å²) < 4.78 is 19.5. The number of hydrogen-bond donors (Lipinski definition) is 1. The van der Waals surface area contributed by atoms with E-state index in [1.165, 1.54) is 11.6 Å². The van der Waals surface area contributed by atoms with Gasteiger partial charge in [0.05, 0.1) is 12.9 Å². The van der Waals surface area contributed by atoms with Crippen molar-refractivity contribution in [2.75, 3.05) is 12.8 Å². The van der Waals surface area contributed by atoms with Crippen LogP contribution in [0.1, 0.15) is 38.7 Å². The summed E-state index contributed by atoms with van der Waals surface area (Å²) in [7, 11) is 1.69. The molecule has 98 valence electrons. The second-order valence-corrected chi connectivity index (χ2v) is 5.32. The molecular formula is C15H20FNO. The van der Waals surface area contributed by atoms with Crippen LogP contribution in [0.4, 0.5) is 10.1 Å². The predicted octanol–water partition coefficient (Wildman–Crippen LogP) is 3.77. The Morgan fingerprint density at radius 3 is 2.67 bits per heavy atom. The average Bonchev–Trinajstić information content (AvgIpc) is 2.81. The number of allylic oxidation sites excluding steroid dienone is 2. The summed E-state index contributed by atoms with van der Waals surface area (Å²) in [6.45, 7) is 4.06. The number of nitrogen functional groups attached to an aromatic ring is 1. The SMILES string of the molecule is COC1=C(C(C)(C)c2cc(N)ccc2F)CCC1. The molecule has 0 aliphatic heterocycles. The van der Waals surface area contributed by atoms with Crippen molar-refractivity contribution in [1.82, 2.24) is 0 Å². The van der Waals surface area contributed by atoms with E-state index in [9.17, 15) is 4.39 Å². The Balaban J connectivity index is 2.51. The van der Waals surface area contributed by atoms with E-state index in [0.29, 0.717) is 11.3 Å². The van der Waals surface area contributed by atoms with Crippen molar-refractivity contribution in [2.45, 2.75) is 38.5 Å². The van der Waals surface area contributed by atoms with Crippen LogP contribution in [0.15, 0.2) is 29.5 Å². The number of halogens is 1. The quantitative estimate of drug-likeness (QED) is 0.828. The zero-order valence-corrected chi connectivity index (χ0v) is 11.2. The summed E-state index contributed by atoms with van der Waals surface area (Å²) in [5.74, 6) is 0.797. The van der Waals surface area contributed by atoms with Crippen LogP contribution >= 0.6 is 0 Å². The number of hydrogen-bond acceptors (Lipinski definition) is 2. The van der Waals surface area contributed by atoms with Crippen LogP contribution in [-0.2, 0) is 10.2 Å². The van der Waals surface area contributed by atoms with Crippen molar-refractivity contribution in [3.05, 3.63) is 40.9 Å². The Kier molecular flexibility index (Phi) is 3.33. The summed E-state index contributed by atoms with van der Waals surface area (Å²) in [6, 6.07) is 4.76. The molecule has 18 heavy (non-hydrogen) atoms. The maximum absolute atomic E-state index is 14.0. The van der Waals surface area contributed by atoms with Crippen LogP contribution in [0.5, 0.6) is 0 Å². The molecule has 0 bridgehead atoms. The molecule has 2 rings (SSSR count). The molecular weight excluding hydrogens is 229 g/mol. The molecule has 0 saturated carbocycles. The van der Waals surface area contributed by atoms with Gasteiger partial charge in [0.1, 0.15) is 5.82 Å². The van der Waals surface area contributed by atoms with E-state index in [2.05, 4.69) is 0 Å².